The number of halogens is 1. The van der Waals surface area contributed by atoms with Gasteiger partial charge in [-0.3, -0.25) is 0 Å². The van der Waals surface area contributed by atoms with Crippen LogP contribution in [0, 0.1) is 0 Å². The smallest absolute Gasteiger partial charge is 0.0641 e. The highest BCUT2D eigenvalue weighted by Gasteiger charge is 2.03. The maximum Gasteiger partial charge on any atom is 0.0641 e. The monoisotopic (exact) mass is 213 g/mol. The second kappa shape index (κ2) is 5.89. The normalized spacial score (nSPS) is 10.2. The second-order valence-electron chi connectivity index (χ2n) is 3.07. The van der Waals surface area contributed by atoms with E-state index in [1.54, 1.807) is 0 Å². The van der Waals surface area contributed by atoms with E-state index < -0.39 is 0 Å². The molecule has 0 aliphatic carbocycles. The molecule has 0 heterocycles. The van der Waals surface area contributed by atoms with Crippen molar-refractivity contribution in [3.8, 4) is 0 Å². The van der Waals surface area contributed by atoms with Gasteiger partial charge in [-0.1, -0.05) is 23.7 Å². The van der Waals surface area contributed by atoms with E-state index in [2.05, 4.69) is 4.90 Å². The summed E-state index contributed by atoms with van der Waals surface area (Å²) in [5.41, 5.74) is 1.05. The van der Waals surface area contributed by atoms with Crippen LogP contribution in [0.15, 0.2) is 24.3 Å². The lowest BCUT2D eigenvalue weighted by Crippen LogP contribution is -2.22. The van der Waals surface area contributed by atoms with Crippen LogP contribution in [-0.2, 0) is 4.74 Å². The number of para-hydroxylation sites is 1. The predicted molar refractivity (Wildman–Crippen MR) is 61.2 cm³/mol. The molecular formula is C11H16ClNO. The van der Waals surface area contributed by atoms with Gasteiger partial charge < -0.3 is 9.64 Å². The molecule has 1 rings (SSSR count). The molecule has 0 unspecified atom stereocenters. The summed E-state index contributed by atoms with van der Waals surface area (Å²) in [6, 6.07) is 7.82. The summed E-state index contributed by atoms with van der Waals surface area (Å²) in [7, 11) is 2.01. The van der Waals surface area contributed by atoms with E-state index in [0.717, 1.165) is 30.5 Å². The third-order valence-electron chi connectivity index (χ3n) is 2.04. The summed E-state index contributed by atoms with van der Waals surface area (Å²) in [4.78, 5) is 2.10. The van der Waals surface area contributed by atoms with Crippen LogP contribution in [0.1, 0.15) is 6.92 Å². The van der Waals surface area contributed by atoms with Crippen molar-refractivity contribution in [1.82, 2.24) is 0 Å². The summed E-state index contributed by atoms with van der Waals surface area (Å²) in [5.74, 6) is 0. The zero-order valence-electron chi connectivity index (χ0n) is 8.66. The van der Waals surface area contributed by atoms with Crippen molar-refractivity contribution in [2.45, 2.75) is 6.92 Å². The molecular weight excluding hydrogens is 198 g/mol. The number of rotatable bonds is 5. The van der Waals surface area contributed by atoms with E-state index in [-0.39, 0.29) is 0 Å². The van der Waals surface area contributed by atoms with Crippen LogP contribution < -0.4 is 4.90 Å². The Hall–Kier alpha value is -0.730. The summed E-state index contributed by atoms with van der Waals surface area (Å²) >= 11 is 6.05. The maximum absolute atomic E-state index is 6.05. The van der Waals surface area contributed by atoms with Gasteiger partial charge in [-0.25, -0.2) is 0 Å². The minimum Gasteiger partial charge on any atom is -0.380 e. The molecule has 0 spiro atoms. The molecule has 0 bridgehead atoms. The average molecular weight is 214 g/mol. The van der Waals surface area contributed by atoms with Crippen LogP contribution in [0.5, 0.6) is 0 Å². The molecule has 1 aromatic rings. The van der Waals surface area contributed by atoms with Crippen molar-refractivity contribution in [2.24, 2.45) is 0 Å². The average Bonchev–Trinajstić information content (AvgIpc) is 2.18. The lowest BCUT2D eigenvalue weighted by Gasteiger charge is -2.20. The first-order chi connectivity index (χ1) is 6.75. The molecule has 1 aromatic carbocycles. The van der Waals surface area contributed by atoms with Gasteiger partial charge in [-0.05, 0) is 19.1 Å². The largest absolute Gasteiger partial charge is 0.380 e. The second-order valence-corrected chi connectivity index (χ2v) is 3.48. The lowest BCUT2D eigenvalue weighted by molar-refractivity contribution is 0.154. The molecule has 0 N–H and O–H groups in total. The van der Waals surface area contributed by atoms with Crippen molar-refractivity contribution in [3.63, 3.8) is 0 Å². The third-order valence-corrected chi connectivity index (χ3v) is 2.36. The number of ether oxygens (including phenoxy) is 1. The highest BCUT2D eigenvalue weighted by atomic mass is 35.5. The van der Waals surface area contributed by atoms with E-state index in [9.17, 15) is 0 Å². The zero-order chi connectivity index (χ0) is 10.4. The molecule has 3 heteroatoms. The lowest BCUT2D eigenvalue weighted by atomic mass is 10.3. The first-order valence-electron chi connectivity index (χ1n) is 4.79. The van der Waals surface area contributed by atoms with Crippen LogP contribution in [0.2, 0.25) is 5.02 Å². The van der Waals surface area contributed by atoms with Crippen LogP contribution in [0.25, 0.3) is 0 Å². The van der Waals surface area contributed by atoms with Gasteiger partial charge in [0.05, 0.1) is 17.3 Å². The molecule has 0 atom stereocenters. The number of benzene rings is 1. The fourth-order valence-corrected chi connectivity index (χ4v) is 1.51. The van der Waals surface area contributed by atoms with E-state index >= 15 is 0 Å². The molecule has 14 heavy (non-hydrogen) atoms. The minimum atomic E-state index is 0.734. The summed E-state index contributed by atoms with van der Waals surface area (Å²) in [6.45, 7) is 4.35. The molecule has 0 saturated heterocycles. The third kappa shape index (κ3) is 3.20. The molecule has 78 valence electrons. The molecule has 0 radical (unpaired) electrons. The van der Waals surface area contributed by atoms with Crippen molar-refractivity contribution in [3.05, 3.63) is 29.3 Å². The zero-order valence-corrected chi connectivity index (χ0v) is 9.42. The van der Waals surface area contributed by atoms with Gasteiger partial charge in [0.1, 0.15) is 0 Å². The Balaban J connectivity index is 2.51. The summed E-state index contributed by atoms with van der Waals surface area (Å²) < 4.78 is 5.28. The van der Waals surface area contributed by atoms with E-state index in [4.69, 9.17) is 16.3 Å². The molecule has 0 aliphatic heterocycles. The molecule has 2 nitrogen and oxygen atoms in total. The number of hydrogen-bond donors (Lipinski definition) is 0. The van der Waals surface area contributed by atoms with Gasteiger partial charge in [-0.2, -0.15) is 0 Å². The molecule has 0 fully saturated rings. The van der Waals surface area contributed by atoms with Crippen molar-refractivity contribution in [2.75, 3.05) is 31.7 Å². The molecule has 0 saturated carbocycles. The van der Waals surface area contributed by atoms with Gasteiger partial charge >= 0.3 is 0 Å². The van der Waals surface area contributed by atoms with Crippen molar-refractivity contribution >= 4 is 17.3 Å². The maximum atomic E-state index is 6.05. The number of nitrogens with zero attached hydrogens (tertiary/aromatic N) is 1. The van der Waals surface area contributed by atoms with Crippen molar-refractivity contribution < 1.29 is 4.74 Å². The Morgan fingerprint density at radius 3 is 2.71 bits per heavy atom. The highest BCUT2D eigenvalue weighted by Crippen LogP contribution is 2.23. The van der Waals surface area contributed by atoms with Gasteiger partial charge in [0.25, 0.3) is 0 Å². The Kier molecular flexibility index (Phi) is 4.77. The molecule has 0 aliphatic rings. The van der Waals surface area contributed by atoms with Gasteiger partial charge in [0.2, 0.25) is 0 Å². The first kappa shape index (κ1) is 11.3. The van der Waals surface area contributed by atoms with Gasteiger partial charge in [-0.15, -0.1) is 0 Å². The highest BCUT2D eigenvalue weighted by molar-refractivity contribution is 6.33. The standard InChI is InChI=1S/C11H16ClNO/c1-3-14-9-8-13(2)11-7-5-4-6-10(11)12/h4-7H,3,8-9H2,1-2H3. The Labute approximate surface area is 90.4 Å². The fourth-order valence-electron chi connectivity index (χ4n) is 1.23. The van der Waals surface area contributed by atoms with Crippen LogP contribution >= 0.6 is 11.6 Å². The quantitative estimate of drug-likeness (QED) is 0.698. The molecule has 0 amide bonds. The van der Waals surface area contributed by atoms with Crippen LogP contribution in [0.3, 0.4) is 0 Å². The first-order valence-corrected chi connectivity index (χ1v) is 5.17. The van der Waals surface area contributed by atoms with Crippen molar-refractivity contribution in [1.29, 1.82) is 0 Å². The Morgan fingerprint density at radius 2 is 2.07 bits per heavy atom. The number of likely N-dealkylation sites (N-methyl/N-ethyl adjacent to an activating group) is 1. The predicted octanol–water partition coefficient (Wildman–Crippen LogP) is 2.81. The van der Waals surface area contributed by atoms with E-state index in [1.165, 1.54) is 0 Å². The summed E-state index contributed by atoms with van der Waals surface area (Å²) in [6.07, 6.45) is 0. The van der Waals surface area contributed by atoms with E-state index in [0.29, 0.717) is 0 Å². The van der Waals surface area contributed by atoms with Gasteiger partial charge in [0, 0.05) is 20.2 Å². The molecule has 0 aromatic heterocycles. The Morgan fingerprint density at radius 1 is 1.36 bits per heavy atom. The van der Waals surface area contributed by atoms with Crippen LogP contribution in [-0.4, -0.2) is 26.8 Å². The topological polar surface area (TPSA) is 12.5 Å². The number of anilines is 1. The minimum absolute atomic E-state index is 0.734. The van der Waals surface area contributed by atoms with E-state index in [1.807, 2.05) is 38.2 Å². The summed E-state index contributed by atoms with van der Waals surface area (Å²) in [5, 5.41) is 0.784. The Bertz CT molecular complexity index is 278. The van der Waals surface area contributed by atoms with Crippen LogP contribution in [0.4, 0.5) is 5.69 Å². The SMILES string of the molecule is CCOCCN(C)c1ccccc1Cl. The fraction of sp³-hybridized carbons (Fsp3) is 0.455. The number of hydrogen-bond acceptors (Lipinski definition) is 2. The van der Waals surface area contributed by atoms with Gasteiger partial charge in [0.15, 0.2) is 0 Å².